The molecule has 50 heavy (non-hydrogen) atoms. The second kappa shape index (κ2) is 11.4. The predicted octanol–water partition coefficient (Wildman–Crippen LogP) is 12.0. The van der Waals surface area contributed by atoms with Crippen LogP contribution in [-0.2, 0) is 0 Å². The molecule has 0 saturated carbocycles. The van der Waals surface area contributed by atoms with Crippen molar-refractivity contribution in [3.63, 3.8) is 0 Å². The number of nitrogens with zero attached hydrogens (tertiary/aromatic N) is 3. The van der Waals surface area contributed by atoms with Gasteiger partial charge in [0.05, 0.1) is 5.56 Å². The molecule has 7 aromatic carbocycles. The SMILES string of the molecule is c1ccc(-c2ccc(-c3nc(-c4ccc5c(c4)oc4ccccc45)nc(-c4cccc5c4oc4ccccc45)n3)c(-c3ccccc3)c2)cc1. The van der Waals surface area contributed by atoms with Crippen LogP contribution in [0, 0.1) is 0 Å². The Morgan fingerprint density at radius 2 is 0.880 bits per heavy atom. The largest absolute Gasteiger partial charge is 0.456 e. The van der Waals surface area contributed by atoms with Gasteiger partial charge in [-0.2, -0.15) is 0 Å². The number of hydrogen-bond donors (Lipinski definition) is 0. The number of benzene rings is 7. The molecule has 10 rings (SSSR count). The predicted molar refractivity (Wildman–Crippen MR) is 202 cm³/mol. The average molecular weight is 642 g/mol. The summed E-state index contributed by atoms with van der Waals surface area (Å²) in [7, 11) is 0. The number of rotatable bonds is 5. The van der Waals surface area contributed by atoms with Crippen LogP contribution in [0.4, 0.5) is 0 Å². The lowest BCUT2D eigenvalue weighted by molar-refractivity contribution is 0.668. The lowest BCUT2D eigenvalue weighted by atomic mass is 9.94. The zero-order chi connectivity index (χ0) is 33.0. The van der Waals surface area contributed by atoms with Crippen molar-refractivity contribution in [1.29, 1.82) is 0 Å². The Morgan fingerprint density at radius 1 is 0.300 bits per heavy atom. The molecule has 0 unspecified atom stereocenters. The van der Waals surface area contributed by atoms with Crippen molar-refractivity contribution in [2.24, 2.45) is 0 Å². The van der Waals surface area contributed by atoms with E-state index in [1.54, 1.807) is 0 Å². The second-order valence-corrected chi connectivity index (χ2v) is 12.4. The maximum Gasteiger partial charge on any atom is 0.167 e. The van der Waals surface area contributed by atoms with Gasteiger partial charge in [0.2, 0.25) is 0 Å². The first kappa shape index (κ1) is 28.2. The highest BCUT2D eigenvalue weighted by Crippen LogP contribution is 2.39. The first-order valence-corrected chi connectivity index (χ1v) is 16.6. The monoisotopic (exact) mass is 641 g/mol. The molecule has 0 fully saturated rings. The molecule has 3 aromatic heterocycles. The summed E-state index contributed by atoms with van der Waals surface area (Å²) < 4.78 is 12.7. The number of fused-ring (bicyclic) bond motifs is 6. The highest BCUT2D eigenvalue weighted by atomic mass is 16.3. The Morgan fingerprint density at radius 3 is 1.66 bits per heavy atom. The van der Waals surface area contributed by atoms with Crippen LogP contribution in [0.2, 0.25) is 0 Å². The summed E-state index contributed by atoms with van der Waals surface area (Å²) in [6, 6.07) is 55.8. The van der Waals surface area contributed by atoms with Crippen LogP contribution in [0.15, 0.2) is 173 Å². The Hall–Kier alpha value is -6.85. The zero-order valence-corrected chi connectivity index (χ0v) is 26.7. The van der Waals surface area contributed by atoms with Crippen molar-refractivity contribution >= 4 is 43.9 Å². The molecule has 3 heterocycles. The maximum atomic E-state index is 6.46. The maximum absolute atomic E-state index is 6.46. The Balaban J connectivity index is 1.23. The van der Waals surface area contributed by atoms with Gasteiger partial charge in [0.1, 0.15) is 22.3 Å². The second-order valence-electron chi connectivity index (χ2n) is 12.4. The van der Waals surface area contributed by atoms with Crippen molar-refractivity contribution in [1.82, 2.24) is 15.0 Å². The fourth-order valence-electron chi connectivity index (χ4n) is 6.94. The van der Waals surface area contributed by atoms with E-state index in [-0.39, 0.29) is 0 Å². The Bertz CT molecular complexity index is 2870. The Kier molecular flexibility index (Phi) is 6.42. The highest BCUT2D eigenvalue weighted by molar-refractivity contribution is 6.09. The third kappa shape index (κ3) is 4.67. The smallest absolute Gasteiger partial charge is 0.167 e. The van der Waals surface area contributed by atoms with E-state index in [1.165, 1.54) is 0 Å². The van der Waals surface area contributed by atoms with Crippen molar-refractivity contribution in [2.45, 2.75) is 0 Å². The summed E-state index contributed by atoms with van der Waals surface area (Å²) in [5.41, 5.74) is 10.1. The Labute approximate surface area is 287 Å². The van der Waals surface area contributed by atoms with Gasteiger partial charge >= 0.3 is 0 Å². The van der Waals surface area contributed by atoms with Gasteiger partial charge in [-0.25, -0.2) is 15.0 Å². The van der Waals surface area contributed by atoms with E-state index >= 15 is 0 Å². The molecule has 0 saturated heterocycles. The zero-order valence-electron chi connectivity index (χ0n) is 26.7. The molecular weight excluding hydrogens is 615 g/mol. The standard InChI is InChI=1S/C45H27N3O2/c1-3-12-28(13-4-1)30-22-25-36(38(26-30)29-14-5-2-6-15-29)44-46-43(31-23-24-34-32-16-7-9-20-39(32)49-41(34)27-31)47-45(48-44)37-19-11-18-35-33-17-8-10-21-40(33)50-42(35)37/h1-27H. The van der Waals surface area contributed by atoms with Gasteiger partial charge in [-0.1, -0.05) is 121 Å². The molecule has 0 spiro atoms. The van der Waals surface area contributed by atoms with E-state index in [2.05, 4.69) is 97.1 Å². The molecule has 0 radical (unpaired) electrons. The number of para-hydroxylation sites is 3. The fourth-order valence-corrected chi connectivity index (χ4v) is 6.94. The highest BCUT2D eigenvalue weighted by Gasteiger charge is 2.20. The molecule has 0 bridgehead atoms. The van der Waals surface area contributed by atoms with Crippen LogP contribution in [0.3, 0.4) is 0 Å². The summed E-state index contributed by atoms with van der Waals surface area (Å²) in [5, 5.41) is 4.20. The van der Waals surface area contributed by atoms with Crippen molar-refractivity contribution in [3.8, 4) is 56.4 Å². The van der Waals surface area contributed by atoms with Crippen molar-refractivity contribution in [2.75, 3.05) is 0 Å². The minimum Gasteiger partial charge on any atom is -0.456 e. The molecular formula is C45H27N3O2. The molecule has 5 heteroatoms. The van der Waals surface area contributed by atoms with Gasteiger partial charge in [-0.05, 0) is 64.7 Å². The van der Waals surface area contributed by atoms with Crippen LogP contribution in [0.5, 0.6) is 0 Å². The third-order valence-electron chi connectivity index (χ3n) is 9.37. The van der Waals surface area contributed by atoms with E-state index in [1.807, 2.05) is 66.7 Å². The summed E-state index contributed by atoms with van der Waals surface area (Å²) in [6.07, 6.45) is 0. The summed E-state index contributed by atoms with van der Waals surface area (Å²) in [6.45, 7) is 0. The molecule has 0 atom stereocenters. The minimum atomic E-state index is 0.533. The van der Waals surface area contributed by atoms with Crippen LogP contribution >= 0.6 is 0 Å². The number of aromatic nitrogens is 3. The summed E-state index contributed by atoms with van der Waals surface area (Å²) in [5.74, 6) is 1.65. The van der Waals surface area contributed by atoms with E-state index < -0.39 is 0 Å². The quantitative estimate of drug-likeness (QED) is 0.187. The van der Waals surface area contributed by atoms with Crippen LogP contribution in [-0.4, -0.2) is 15.0 Å². The molecule has 234 valence electrons. The normalized spacial score (nSPS) is 11.6. The van der Waals surface area contributed by atoms with Gasteiger partial charge in [0.15, 0.2) is 17.5 Å². The van der Waals surface area contributed by atoms with E-state index in [9.17, 15) is 0 Å². The van der Waals surface area contributed by atoms with Gasteiger partial charge in [0, 0.05) is 32.7 Å². The first-order valence-electron chi connectivity index (χ1n) is 16.6. The lowest BCUT2D eigenvalue weighted by Gasteiger charge is -2.14. The summed E-state index contributed by atoms with van der Waals surface area (Å²) >= 11 is 0. The molecule has 10 aromatic rings. The van der Waals surface area contributed by atoms with Crippen LogP contribution in [0.1, 0.15) is 0 Å². The minimum absolute atomic E-state index is 0.533. The van der Waals surface area contributed by atoms with Gasteiger partial charge in [0.25, 0.3) is 0 Å². The molecule has 0 N–H and O–H groups in total. The van der Waals surface area contributed by atoms with Gasteiger partial charge in [-0.15, -0.1) is 0 Å². The van der Waals surface area contributed by atoms with Crippen molar-refractivity contribution < 1.29 is 8.83 Å². The summed E-state index contributed by atoms with van der Waals surface area (Å²) in [4.78, 5) is 15.5. The first-order chi connectivity index (χ1) is 24.8. The van der Waals surface area contributed by atoms with Crippen molar-refractivity contribution in [3.05, 3.63) is 164 Å². The van der Waals surface area contributed by atoms with E-state index in [0.29, 0.717) is 17.5 Å². The van der Waals surface area contributed by atoms with Gasteiger partial charge in [-0.3, -0.25) is 0 Å². The number of hydrogen-bond acceptors (Lipinski definition) is 5. The molecule has 0 aliphatic heterocycles. The van der Waals surface area contributed by atoms with E-state index in [0.717, 1.165) is 82.8 Å². The topological polar surface area (TPSA) is 65.0 Å². The van der Waals surface area contributed by atoms with Crippen LogP contribution in [0.25, 0.3) is 100 Å². The average Bonchev–Trinajstić information content (AvgIpc) is 3.76. The van der Waals surface area contributed by atoms with E-state index in [4.69, 9.17) is 23.8 Å². The lowest BCUT2D eigenvalue weighted by Crippen LogP contribution is -2.01. The fraction of sp³-hybridized carbons (Fsp3) is 0. The molecule has 5 nitrogen and oxygen atoms in total. The third-order valence-corrected chi connectivity index (χ3v) is 9.37. The molecule has 0 amide bonds. The molecule has 0 aliphatic rings. The van der Waals surface area contributed by atoms with Gasteiger partial charge < -0.3 is 8.83 Å². The molecule has 0 aliphatic carbocycles. The van der Waals surface area contributed by atoms with Crippen LogP contribution < -0.4 is 0 Å². The number of furan rings is 2.